The zero-order valence-electron chi connectivity index (χ0n) is 20.3. The average Bonchev–Trinajstić information content (AvgIpc) is 3.03. The van der Waals surface area contributed by atoms with Crippen LogP contribution < -0.4 is 0 Å². The molecule has 0 aromatic heterocycles. The number of methoxy groups -OCH3 is 1. The van der Waals surface area contributed by atoms with Gasteiger partial charge in [-0.15, -0.1) is 0 Å². The maximum atomic E-state index is 11.3. The lowest BCUT2D eigenvalue weighted by molar-refractivity contribution is -0.163. The molecule has 1 heterocycles. The standard InChI is InChI=1S/C25H44O6/c1-6-8-14-18-22-24(31-25(3,4)30-22)21(29-20-27-5)17-15-12-10-9-11-13-16-19-23(26)28-7-2/h8,14-15,17,21-22,24H,6-7,9-13,16,18-20H2,1-5H3/b14-8-,17-15-/t21-,22+,24-/m1/s1. The highest BCUT2D eigenvalue weighted by Crippen LogP contribution is 2.33. The molecule has 1 rings (SSSR count). The molecule has 31 heavy (non-hydrogen) atoms. The van der Waals surface area contributed by atoms with Gasteiger partial charge in [-0.25, -0.2) is 0 Å². The highest BCUT2D eigenvalue weighted by atomic mass is 16.8. The lowest BCUT2D eigenvalue weighted by atomic mass is 10.0. The number of carbonyl (C=O) groups is 1. The summed E-state index contributed by atoms with van der Waals surface area (Å²) in [5, 5.41) is 0. The number of hydrogen-bond donors (Lipinski definition) is 0. The van der Waals surface area contributed by atoms with Gasteiger partial charge in [0.1, 0.15) is 19.0 Å². The Morgan fingerprint density at radius 3 is 2.48 bits per heavy atom. The van der Waals surface area contributed by atoms with E-state index in [1.54, 1.807) is 7.11 Å². The SMILES string of the molecule is CC/C=C\C[C@@H]1OC(C)(C)O[C@@H]1[C@@H](/C=C\CCCCCCCC(=O)OCC)OCOC. The molecule has 1 aliphatic rings. The minimum absolute atomic E-state index is 0.0521. The van der Waals surface area contributed by atoms with E-state index in [0.717, 1.165) is 51.4 Å². The second-order valence-electron chi connectivity index (χ2n) is 8.33. The van der Waals surface area contributed by atoms with Gasteiger partial charge in [0.25, 0.3) is 0 Å². The van der Waals surface area contributed by atoms with Gasteiger partial charge in [-0.3, -0.25) is 4.79 Å². The molecule has 0 aromatic rings. The first kappa shape index (κ1) is 27.8. The molecule has 6 heteroatoms. The van der Waals surface area contributed by atoms with Crippen LogP contribution in [0.25, 0.3) is 0 Å². The summed E-state index contributed by atoms with van der Waals surface area (Å²) in [5.41, 5.74) is 0. The maximum absolute atomic E-state index is 11.3. The van der Waals surface area contributed by atoms with Crippen molar-refractivity contribution in [1.82, 2.24) is 0 Å². The van der Waals surface area contributed by atoms with Gasteiger partial charge in [0.2, 0.25) is 0 Å². The van der Waals surface area contributed by atoms with Crippen molar-refractivity contribution in [1.29, 1.82) is 0 Å². The summed E-state index contributed by atoms with van der Waals surface area (Å²) in [5.74, 6) is -0.709. The lowest BCUT2D eigenvalue weighted by Gasteiger charge is -2.24. The topological polar surface area (TPSA) is 63.2 Å². The molecular formula is C25H44O6. The van der Waals surface area contributed by atoms with Gasteiger partial charge in [-0.05, 0) is 52.9 Å². The molecule has 0 aromatic carbocycles. The van der Waals surface area contributed by atoms with E-state index >= 15 is 0 Å². The van der Waals surface area contributed by atoms with Gasteiger partial charge >= 0.3 is 5.97 Å². The number of unbranched alkanes of at least 4 members (excludes halogenated alkanes) is 5. The van der Waals surface area contributed by atoms with Crippen molar-refractivity contribution in [3.63, 3.8) is 0 Å². The molecular weight excluding hydrogens is 396 g/mol. The third-order valence-electron chi connectivity index (χ3n) is 5.08. The zero-order valence-corrected chi connectivity index (χ0v) is 20.3. The van der Waals surface area contributed by atoms with Crippen LogP contribution in [0.15, 0.2) is 24.3 Å². The molecule has 3 atom stereocenters. The van der Waals surface area contributed by atoms with Crippen LogP contribution in [0.2, 0.25) is 0 Å². The normalized spacial score (nSPS) is 21.8. The number of esters is 1. The maximum Gasteiger partial charge on any atom is 0.305 e. The highest BCUT2D eigenvalue weighted by Gasteiger charge is 2.44. The second kappa shape index (κ2) is 16.4. The van der Waals surface area contributed by atoms with E-state index in [2.05, 4.69) is 31.2 Å². The van der Waals surface area contributed by atoms with Gasteiger partial charge in [0.05, 0.1) is 12.7 Å². The summed E-state index contributed by atoms with van der Waals surface area (Å²) < 4.78 is 28.3. The predicted molar refractivity (Wildman–Crippen MR) is 123 cm³/mol. The molecule has 0 amide bonds. The molecule has 0 bridgehead atoms. The van der Waals surface area contributed by atoms with Crippen molar-refractivity contribution in [2.45, 2.75) is 110 Å². The molecule has 1 saturated heterocycles. The van der Waals surface area contributed by atoms with Crippen molar-refractivity contribution in [2.75, 3.05) is 20.5 Å². The van der Waals surface area contributed by atoms with Crippen LogP contribution in [0.3, 0.4) is 0 Å². The van der Waals surface area contributed by atoms with E-state index in [4.69, 9.17) is 23.7 Å². The van der Waals surface area contributed by atoms with Gasteiger partial charge < -0.3 is 23.7 Å². The second-order valence-corrected chi connectivity index (χ2v) is 8.33. The largest absolute Gasteiger partial charge is 0.466 e. The first-order valence-electron chi connectivity index (χ1n) is 11.9. The Morgan fingerprint density at radius 1 is 1.03 bits per heavy atom. The number of allylic oxidation sites excluding steroid dienone is 2. The Bertz CT molecular complexity index is 528. The van der Waals surface area contributed by atoms with Crippen molar-refractivity contribution >= 4 is 5.97 Å². The van der Waals surface area contributed by atoms with Crippen LogP contribution in [0.4, 0.5) is 0 Å². The molecule has 1 fully saturated rings. The third-order valence-corrected chi connectivity index (χ3v) is 5.08. The fourth-order valence-corrected chi connectivity index (χ4v) is 3.65. The summed E-state index contributed by atoms with van der Waals surface area (Å²) in [6.45, 7) is 8.54. The zero-order chi connectivity index (χ0) is 23.0. The average molecular weight is 441 g/mol. The first-order chi connectivity index (χ1) is 14.9. The molecule has 0 spiro atoms. The molecule has 0 N–H and O–H groups in total. The van der Waals surface area contributed by atoms with Crippen LogP contribution in [0, 0.1) is 0 Å². The van der Waals surface area contributed by atoms with Gasteiger partial charge in [-0.2, -0.15) is 0 Å². The van der Waals surface area contributed by atoms with Crippen LogP contribution in [-0.2, 0) is 28.5 Å². The van der Waals surface area contributed by atoms with Gasteiger partial charge in [0, 0.05) is 13.5 Å². The van der Waals surface area contributed by atoms with E-state index in [0.29, 0.717) is 13.0 Å². The van der Waals surface area contributed by atoms with Crippen LogP contribution in [-0.4, -0.2) is 50.6 Å². The fraction of sp³-hybridized carbons (Fsp3) is 0.800. The van der Waals surface area contributed by atoms with Crippen molar-refractivity contribution in [3.05, 3.63) is 24.3 Å². The monoisotopic (exact) mass is 440 g/mol. The van der Waals surface area contributed by atoms with Gasteiger partial charge in [0.15, 0.2) is 5.79 Å². The smallest absolute Gasteiger partial charge is 0.305 e. The molecule has 0 unspecified atom stereocenters. The fourth-order valence-electron chi connectivity index (χ4n) is 3.65. The Morgan fingerprint density at radius 2 is 1.77 bits per heavy atom. The van der Waals surface area contributed by atoms with Gasteiger partial charge in [-0.1, -0.05) is 50.5 Å². The number of rotatable bonds is 17. The minimum atomic E-state index is -0.624. The summed E-state index contributed by atoms with van der Waals surface area (Å²) >= 11 is 0. The molecule has 0 aliphatic carbocycles. The first-order valence-corrected chi connectivity index (χ1v) is 11.9. The predicted octanol–water partition coefficient (Wildman–Crippen LogP) is 5.70. The Balaban J connectivity index is 2.43. The molecule has 0 saturated carbocycles. The van der Waals surface area contributed by atoms with E-state index in [1.807, 2.05) is 20.8 Å². The summed E-state index contributed by atoms with van der Waals surface area (Å²) in [7, 11) is 1.63. The van der Waals surface area contributed by atoms with E-state index in [-0.39, 0.29) is 31.1 Å². The molecule has 180 valence electrons. The summed E-state index contributed by atoms with van der Waals surface area (Å²) in [6, 6.07) is 0. The third kappa shape index (κ3) is 12.4. The lowest BCUT2D eigenvalue weighted by Crippen LogP contribution is -2.36. The van der Waals surface area contributed by atoms with Crippen LogP contribution in [0.1, 0.15) is 85.5 Å². The van der Waals surface area contributed by atoms with Crippen molar-refractivity contribution in [3.8, 4) is 0 Å². The number of hydrogen-bond acceptors (Lipinski definition) is 6. The summed E-state index contributed by atoms with van der Waals surface area (Å²) in [6.07, 6.45) is 16.8. The van der Waals surface area contributed by atoms with Crippen molar-refractivity contribution in [2.24, 2.45) is 0 Å². The van der Waals surface area contributed by atoms with E-state index in [9.17, 15) is 4.79 Å². The Labute approximate surface area is 189 Å². The number of carbonyl (C=O) groups excluding carboxylic acids is 1. The van der Waals surface area contributed by atoms with Crippen LogP contribution in [0.5, 0.6) is 0 Å². The van der Waals surface area contributed by atoms with E-state index in [1.165, 1.54) is 0 Å². The summed E-state index contributed by atoms with van der Waals surface area (Å²) in [4.78, 5) is 11.3. The Kier molecular flexibility index (Phi) is 14.7. The quantitative estimate of drug-likeness (QED) is 0.125. The van der Waals surface area contributed by atoms with E-state index < -0.39 is 5.79 Å². The van der Waals surface area contributed by atoms with Crippen LogP contribution >= 0.6 is 0 Å². The van der Waals surface area contributed by atoms with Crippen molar-refractivity contribution < 1.29 is 28.5 Å². The highest BCUT2D eigenvalue weighted by molar-refractivity contribution is 5.69. The Hall–Kier alpha value is -1.21. The molecule has 6 nitrogen and oxygen atoms in total. The molecule has 1 aliphatic heterocycles. The number of ether oxygens (including phenoxy) is 5. The minimum Gasteiger partial charge on any atom is -0.466 e. The molecule has 0 radical (unpaired) electrons.